The van der Waals surface area contributed by atoms with Crippen molar-refractivity contribution in [2.24, 2.45) is 0 Å². The predicted molar refractivity (Wildman–Crippen MR) is 76.1 cm³/mol. The summed E-state index contributed by atoms with van der Waals surface area (Å²) >= 11 is 0. The van der Waals surface area contributed by atoms with E-state index in [9.17, 15) is 9.18 Å². The van der Waals surface area contributed by atoms with Crippen molar-refractivity contribution in [2.75, 3.05) is 12.4 Å². The minimum Gasteiger partial charge on any atom is -0.372 e. The number of carbonyl (C=O) groups is 1. The largest absolute Gasteiger partial charge is 0.372 e. The van der Waals surface area contributed by atoms with Crippen molar-refractivity contribution in [3.05, 3.63) is 59.5 Å². The van der Waals surface area contributed by atoms with Gasteiger partial charge in [-0.2, -0.15) is 0 Å². The maximum absolute atomic E-state index is 13.7. The van der Waals surface area contributed by atoms with Gasteiger partial charge in [0, 0.05) is 18.8 Å². The lowest BCUT2D eigenvalue weighted by atomic mass is 10.1. The summed E-state index contributed by atoms with van der Waals surface area (Å²) in [5, 5.41) is 5.62. The summed E-state index contributed by atoms with van der Waals surface area (Å²) in [5.74, 6) is -0.135. The Morgan fingerprint density at radius 3 is 2.70 bits per heavy atom. The zero-order valence-electron chi connectivity index (χ0n) is 11.4. The van der Waals surface area contributed by atoms with E-state index in [1.165, 1.54) is 6.07 Å². The minimum atomic E-state index is -0.423. The number of rotatable bonds is 4. The molecule has 0 aliphatic carbocycles. The lowest BCUT2D eigenvalue weighted by Gasteiger charge is -2.16. The van der Waals surface area contributed by atoms with Gasteiger partial charge in [0.25, 0.3) is 5.91 Å². The third kappa shape index (κ3) is 2.93. The first kappa shape index (κ1) is 14.0. The van der Waals surface area contributed by atoms with E-state index in [1.54, 1.807) is 50.5 Å². The van der Waals surface area contributed by atoms with E-state index >= 15 is 0 Å². The van der Waals surface area contributed by atoms with E-state index in [4.69, 9.17) is 0 Å². The van der Waals surface area contributed by atoms with Crippen molar-refractivity contribution in [1.29, 1.82) is 0 Å². The van der Waals surface area contributed by atoms with Crippen molar-refractivity contribution in [3.8, 4) is 0 Å². The lowest BCUT2D eigenvalue weighted by molar-refractivity contribution is 0.0940. The smallest absolute Gasteiger partial charge is 0.255 e. The number of hydrogen-bond acceptors (Lipinski definition) is 3. The van der Waals surface area contributed by atoms with Crippen LogP contribution in [0.2, 0.25) is 0 Å². The van der Waals surface area contributed by atoms with Crippen LogP contribution in [0.5, 0.6) is 0 Å². The third-order valence-electron chi connectivity index (χ3n) is 3.01. The number of carbonyl (C=O) groups excluding carboxylic acids is 1. The van der Waals surface area contributed by atoms with Gasteiger partial charge in [-0.1, -0.05) is 18.2 Å². The third-order valence-corrected chi connectivity index (χ3v) is 3.01. The molecule has 0 saturated carbocycles. The molecule has 1 amide bonds. The van der Waals surface area contributed by atoms with Crippen LogP contribution in [0.15, 0.2) is 42.6 Å². The second kappa shape index (κ2) is 6.14. The Morgan fingerprint density at radius 1 is 1.25 bits per heavy atom. The molecule has 0 aliphatic heterocycles. The molecular weight excluding hydrogens is 257 g/mol. The summed E-state index contributed by atoms with van der Waals surface area (Å²) in [6, 6.07) is 9.32. The van der Waals surface area contributed by atoms with E-state index in [-0.39, 0.29) is 11.7 Å². The molecule has 0 bridgehead atoms. The van der Waals surface area contributed by atoms with Crippen molar-refractivity contribution in [2.45, 2.75) is 13.0 Å². The second-order valence-electron chi connectivity index (χ2n) is 4.37. The molecule has 4 nitrogen and oxygen atoms in total. The SMILES string of the molecule is CNc1ncccc1C(=O)NC(C)c1ccccc1F. The van der Waals surface area contributed by atoms with Gasteiger partial charge in [0.15, 0.2) is 0 Å². The summed E-state index contributed by atoms with van der Waals surface area (Å²) in [4.78, 5) is 16.3. The standard InChI is InChI=1S/C15H16FN3O/c1-10(11-6-3-4-8-13(11)16)19-15(20)12-7-5-9-18-14(12)17-2/h3-10H,1-2H3,(H,17,18)(H,19,20). The average molecular weight is 273 g/mol. The zero-order valence-corrected chi connectivity index (χ0v) is 11.4. The van der Waals surface area contributed by atoms with Gasteiger partial charge < -0.3 is 10.6 Å². The first-order valence-corrected chi connectivity index (χ1v) is 6.31. The molecule has 0 radical (unpaired) electrons. The van der Waals surface area contributed by atoms with Crippen LogP contribution in [0.3, 0.4) is 0 Å². The van der Waals surface area contributed by atoms with Crippen LogP contribution in [0.1, 0.15) is 28.9 Å². The quantitative estimate of drug-likeness (QED) is 0.900. The second-order valence-corrected chi connectivity index (χ2v) is 4.37. The van der Waals surface area contributed by atoms with E-state index < -0.39 is 6.04 Å². The van der Waals surface area contributed by atoms with Gasteiger partial charge in [-0.25, -0.2) is 9.37 Å². The van der Waals surface area contributed by atoms with Crippen LogP contribution in [-0.2, 0) is 0 Å². The molecule has 2 rings (SSSR count). The van der Waals surface area contributed by atoms with Crippen molar-refractivity contribution in [1.82, 2.24) is 10.3 Å². The van der Waals surface area contributed by atoms with Gasteiger partial charge in [-0.3, -0.25) is 4.79 Å². The van der Waals surface area contributed by atoms with Crippen LogP contribution in [0.4, 0.5) is 10.2 Å². The molecule has 2 aromatic rings. The maximum atomic E-state index is 13.7. The molecule has 0 spiro atoms. The highest BCUT2D eigenvalue weighted by atomic mass is 19.1. The van der Waals surface area contributed by atoms with Crippen molar-refractivity contribution in [3.63, 3.8) is 0 Å². The minimum absolute atomic E-state index is 0.293. The van der Waals surface area contributed by atoms with E-state index in [0.29, 0.717) is 16.9 Å². The van der Waals surface area contributed by atoms with Gasteiger partial charge in [0.1, 0.15) is 11.6 Å². The summed E-state index contributed by atoms with van der Waals surface area (Å²) in [6.45, 7) is 1.74. The molecule has 104 valence electrons. The van der Waals surface area contributed by atoms with Gasteiger partial charge >= 0.3 is 0 Å². The van der Waals surface area contributed by atoms with E-state index in [0.717, 1.165) is 0 Å². The monoisotopic (exact) mass is 273 g/mol. The zero-order chi connectivity index (χ0) is 14.5. The van der Waals surface area contributed by atoms with E-state index in [2.05, 4.69) is 15.6 Å². The predicted octanol–water partition coefficient (Wildman–Crippen LogP) is 2.75. The number of pyridine rings is 1. The summed E-state index contributed by atoms with van der Waals surface area (Å²) in [5.41, 5.74) is 0.883. The van der Waals surface area contributed by atoms with Gasteiger partial charge in [0.2, 0.25) is 0 Å². The highest BCUT2D eigenvalue weighted by Crippen LogP contribution is 2.18. The Balaban J connectivity index is 2.18. The molecule has 1 aromatic heterocycles. The number of nitrogens with one attached hydrogen (secondary N) is 2. The first-order valence-electron chi connectivity index (χ1n) is 6.31. The van der Waals surface area contributed by atoms with Crippen LogP contribution >= 0.6 is 0 Å². The molecular formula is C15H16FN3O. The summed E-state index contributed by atoms with van der Waals surface area (Å²) in [7, 11) is 1.69. The number of amides is 1. The number of benzene rings is 1. The number of hydrogen-bond donors (Lipinski definition) is 2. The first-order chi connectivity index (χ1) is 9.63. The summed E-state index contributed by atoms with van der Waals surface area (Å²) < 4.78 is 13.7. The van der Waals surface area contributed by atoms with E-state index in [1.807, 2.05) is 0 Å². The van der Waals surface area contributed by atoms with Crippen molar-refractivity contribution < 1.29 is 9.18 Å². The maximum Gasteiger partial charge on any atom is 0.255 e. The molecule has 20 heavy (non-hydrogen) atoms. The Bertz CT molecular complexity index is 616. The number of anilines is 1. The normalized spacial score (nSPS) is 11.8. The van der Waals surface area contributed by atoms with Crippen LogP contribution in [0.25, 0.3) is 0 Å². The molecule has 1 aromatic carbocycles. The molecule has 2 N–H and O–H groups in total. The Hall–Kier alpha value is -2.43. The molecule has 1 unspecified atom stereocenters. The van der Waals surface area contributed by atoms with Gasteiger partial charge in [0.05, 0.1) is 11.6 Å². The number of halogens is 1. The molecule has 1 atom stereocenters. The Kier molecular flexibility index (Phi) is 4.30. The Labute approximate surface area is 117 Å². The fourth-order valence-electron chi connectivity index (χ4n) is 1.97. The highest BCUT2D eigenvalue weighted by Gasteiger charge is 2.16. The fraction of sp³-hybridized carbons (Fsp3) is 0.200. The molecule has 0 fully saturated rings. The molecule has 5 heteroatoms. The number of aromatic nitrogens is 1. The fourth-order valence-corrected chi connectivity index (χ4v) is 1.97. The van der Waals surface area contributed by atoms with Crippen LogP contribution < -0.4 is 10.6 Å². The molecule has 0 aliphatic rings. The van der Waals surface area contributed by atoms with Gasteiger partial charge in [-0.05, 0) is 25.1 Å². The molecule has 1 heterocycles. The number of nitrogens with zero attached hydrogens (tertiary/aromatic N) is 1. The lowest BCUT2D eigenvalue weighted by Crippen LogP contribution is -2.28. The van der Waals surface area contributed by atoms with Crippen LogP contribution in [-0.4, -0.2) is 17.9 Å². The topological polar surface area (TPSA) is 54.0 Å². The molecule has 0 saturated heterocycles. The van der Waals surface area contributed by atoms with Crippen LogP contribution in [0, 0.1) is 5.82 Å². The van der Waals surface area contributed by atoms with Gasteiger partial charge in [-0.15, -0.1) is 0 Å². The average Bonchev–Trinajstić information content (AvgIpc) is 2.47. The highest BCUT2D eigenvalue weighted by molar-refractivity contribution is 5.98. The van der Waals surface area contributed by atoms with Crippen molar-refractivity contribution >= 4 is 11.7 Å². The Morgan fingerprint density at radius 2 is 2.00 bits per heavy atom. The summed E-state index contributed by atoms with van der Waals surface area (Å²) in [6.07, 6.45) is 1.60.